The first-order valence-electron chi connectivity index (χ1n) is 5.23. The van der Waals surface area contributed by atoms with Gasteiger partial charge < -0.3 is 9.47 Å². The SMILES string of the molecule is O=C(Cc1ccc(I)cc1)CC1OCCO1. The van der Waals surface area contributed by atoms with E-state index in [1.54, 1.807) is 0 Å². The molecule has 0 radical (unpaired) electrons. The number of hydrogen-bond donors (Lipinski definition) is 0. The van der Waals surface area contributed by atoms with Crippen LogP contribution in [0.15, 0.2) is 24.3 Å². The lowest BCUT2D eigenvalue weighted by Crippen LogP contribution is -2.15. The summed E-state index contributed by atoms with van der Waals surface area (Å²) < 4.78 is 11.6. The molecular formula is C12H13IO3. The molecule has 0 spiro atoms. The Hall–Kier alpha value is -0.460. The lowest BCUT2D eigenvalue weighted by molar-refractivity contribution is -0.126. The maximum Gasteiger partial charge on any atom is 0.164 e. The molecule has 1 aliphatic heterocycles. The summed E-state index contributed by atoms with van der Waals surface area (Å²) in [4.78, 5) is 11.7. The summed E-state index contributed by atoms with van der Waals surface area (Å²) in [6, 6.07) is 7.98. The molecule has 0 N–H and O–H groups in total. The normalized spacial score (nSPS) is 16.6. The lowest BCUT2D eigenvalue weighted by atomic mass is 10.1. The first-order chi connectivity index (χ1) is 7.74. The number of rotatable bonds is 4. The predicted molar refractivity (Wildman–Crippen MR) is 68.2 cm³/mol. The Kier molecular flexibility index (Phi) is 4.31. The van der Waals surface area contributed by atoms with Crippen LogP contribution in [0.4, 0.5) is 0 Å². The van der Waals surface area contributed by atoms with E-state index in [1.165, 1.54) is 3.57 Å². The second-order valence-electron chi connectivity index (χ2n) is 3.72. The average Bonchev–Trinajstić information content (AvgIpc) is 2.74. The van der Waals surface area contributed by atoms with E-state index in [0.717, 1.165) is 5.56 Å². The second-order valence-corrected chi connectivity index (χ2v) is 4.96. The summed E-state index contributed by atoms with van der Waals surface area (Å²) in [6.45, 7) is 1.20. The summed E-state index contributed by atoms with van der Waals surface area (Å²) in [7, 11) is 0. The highest BCUT2D eigenvalue weighted by atomic mass is 127. The van der Waals surface area contributed by atoms with Gasteiger partial charge in [0.15, 0.2) is 6.29 Å². The number of ether oxygens (including phenoxy) is 2. The topological polar surface area (TPSA) is 35.5 Å². The predicted octanol–water partition coefficient (Wildman–Crippen LogP) is 2.17. The maximum absolute atomic E-state index is 11.7. The van der Waals surface area contributed by atoms with Crippen LogP contribution in [-0.2, 0) is 20.7 Å². The van der Waals surface area contributed by atoms with Crippen molar-refractivity contribution in [3.8, 4) is 0 Å². The van der Waals surface area contributed by atoms with Crippen molar-refractivity contribution in [2.75, 3.05) is 13.2 Å². The zero-order chi connectivity index (χ0) is 11.4. The van der Waals surface area contributed by atoms with E-state index in [2.05, 4.69) is 22.6 Å². The van der Waals surface area contributed by atoms with Crippen molar-refractivity contribution in [1.82, 2.24) is 0 Å². The van der Waals surface area contributed by atoms with Gasteiger partial charge in [-0.2, -0.15) is 0 Å². The molecule has 1 fully saturated rings. The van der Waals surface area contributed by atoms with Crippen LogP contribution in [0.3, 0.4) is 0 Å². The molecule has 1 aromatic rings. The number of ketones is 1. The number of hydrogen-bond acceptors (Lipinski definition) is 3. The molecule has 0 bridgehead atoms. The van der Waals surface area contributed by atoms with Crippen LogP contribution < -0.4 is 0 Å². The third-order valence-corrected chi connectivity index (χ3v) is 3.12. The lowest BCUT2D eigenvalue weighted by Gasteiger charge is -2.07. The number of carbonyl (C=O) groups excluding carboxylic acids is 1. The van der Waals surface area contributed by atoms with Crippen molar-refractivity contribution >= 4 is 28.4 Å². The van der Waals surface area contributed by atoms with Crippen LogP contribution in [-0.4, -0.2) is 25.3 Å². The minimum Gasteiger partial charge on any atom is -0.350 e. The van der Waals surface area contributed by atoms with Crippen molar-refractivity contribution < 1.29 is 14.3 Å². The summed E-state index contributed by atoms with van der Waals surface area (Å²) in [5.74, 6) is 0.160. The fourth-order valence-corrected chi connectivity index (χ4v) is 1.97. The van der Waals surface area contributed by atoms with Gasteiger partial charge in [-0.3, -0.25) is 4.79 Å². The molecule has 1 aromatic carbocycles. The van der Waals surface area contributed by atoms with Gasteiger partial charge in [0.2, 0.25) is 0 Å². The molecule has 2 rings (SSSR count). The molecule has 4 heteroatoms. The quantitative estimate of drug-likeness (QED) is 0.793. The van der Waals surface area contributed by atoms with E-state index in [9.17, 15) is 4.79 Å². The van der Waals surface area contributed by atoms with Gasteiger partial charge in [-0.05, 0) is 40.3 Å². The highest BCUT2D eigenvalue weighted by Gasteiger charge is 2.19. The maximum atomic E-state index is 11.7. The minimum absolute atomic E-state index is 0.160. The molecule has 0 unspecified atom stereocenters. The first-order valence-corrected chi connectivity index (χ1v) is 6.31. The van der Waals surface area contributed by atoms with Crippen molar-refractivity contribution in [3.05, 3.63) is 33.4 Å². The molecule has 0 amide bonds. The Bertz CT molecular complexity index is 355. The van der Waals surface area contributed by atoms with Gasteiger partial charge in [-0.1, -0.05) is 12.1 Å². The summed E-state index contributed by atoms with van der Waals surface area (Å²) in [5.41, 5.74) is 1.04. The second kappa shape index (κ2) is 5.75. The fourth-order valence-electron chi connectivity index (χ4n) is 1.61. The molecule has 86 valence electrons. The molecule has 1 heterocycles. The van der Waals surface area contributed by atoms with Gasteiger partial charge in [-0.15, -0.1) is 0 Å². The van der Waals surface area contributed by atoms with E-state index in [4.69, 9.17) is 9.47 Å². The van der Waals surface area contributed by atoms with Gasteiger partial charge >= 0.3 is 0 Å². The van der Waals surface area contributed by atoms with E-state index >= 15 is 0 Å². The van der Waals surface area contributed by atoms with Crippen LogP contribution in [0.25, 0.3) is 0 Å². The van der Waals surface area contributed by atoms with Gasteiger partial charge in [0, 0.05) is 9.99 Å². The zero-order valence-electron chi connectivity index (χ0n) is 8.82. The van der Waals surface area contributed by atoms with E-state index < -0.39 is 0 Å². The van der Waals surface area contributed by atoms with Gasteiger partial charge in [-0.25, -0.2) is 0 Å². The fraction of sp³-hybridized carbons (Fsp3) is 0.417. The highest BCUT2D eigenvalue weighted by molar-refractivity contribution is 14.1. The monoisotopic (exact) mass is 332 g/mol. The molecule has 0 aromatic heterocycles. The third-order valence-electron chi connectivity index (χ3n) is 2.40. The molecule has 1 aliphatic rings. The van der Waals surface area contributed by atoms with Crippen LogP contribution in [0.2, 0.25) is 0 Å². The Morgan fingerprint density at radius 1 is 1.25 bits per heavy atom. The van der Waals surface area contributed by atoms with Crippen LogP contribution in [0, 0.1) is 3.57 Å². The van der Waals surface area contributed by atoms with Crippen LogP contribution >= 0.6 is 22.6 Å². The van der Waals surface area contributed by atoms with E-state index in [0.29, 0.717) is 26.1 Å². The van der Waals surface area contributed by atoms with Crippen LogP contribution in [0.5, 0.6) is 0 Å². The van der Waals surface area contributed by atoms with Gasteiger partial charge in [0.05, 0.1) is 19.6 Å². The Morgan fingerprint density at radius 2 is 1.88 bits per heavy atom. The van der Waals surface area contributed by atoms with Crippen molar-refractivity contribution in [2.24, 2.45) is 0 Å². The van der Waals surface area contributed by atoms with Crippen LogP contribution in [0.1, 0.15) is 12.0 Å². The van der Waals surface area contributed by atoms with Crippen molar-refractivity contribution in [3.63, 3.8) is 0 Å². The Balaban J connectivity index is 1.84. The Labute approximate surface area is 108 Å². The Morgan fingerprint density at radius 3 is 2.50 bits per heavy atom. The number of carbonyl (C=O) groups is 1. The third kappa shape index (κ3) is 3.54. The minimum atomic E-state index is -0.323. The molecule has 16 heavy (non-hydrogen) atoms. The first kappa shape index (κ1) is 12.0. The number of Topliss-reactive ketones (excluding diaryl/α,β-unsaturated/α-hetero) is 1. The molecule has 0 saturated carbocycles. The average molecular weight is 332 g/mol. The largest absolute Gasteiger partial charge is 0.350 e. The van der Waals surface area contributed by atoms with E-state index in [1.807, 2.05) is 24.3 Å². The smallest absolute Gasteiger partial charge is 0.164 e. The van der Waals surface area contributed by atoms with Gasteiger partial charge in [0.1, 0.15) is 5.78 Å². The standard InChI is InChI=1S/C12H13IO3/c13-10-3-1-9(2-4-10)7-11(14)8-12-15-5-6-16-12/h1-4,12H,5-8H2. The summed E-state index contributed by atoms with van der Waals surface area (Å²) in [5, 5.41) is 0. The molecular weight excluding hydrogens is 319 g/mol. The zero-order valence-corrected chi connectivity index (χ0v) is 11.0. The molecule has 0 aliphatic carbocycles. The van der Waals surface area contributed by atoms with Crippen molar-refractivity contribution in [1.29, 1.82) is 0 Å². The number of halogens is 1. The molecule has 0 atom stereocenters. The number of benzene rings is 1. The highest BCUT2D eigenvalue weighted by Crippen LogP contribution is 2.12. The molecule has 1 saturated heterocycles. The molecule has 3 nitrogen and oxygen atoms in total. The summed E-state index contributed by atoms with van der Waals surface area (Å²) in [6.07, 6.45) is 0.489. The van der Waals surface area contributed by atoms with Crippen molar-refractivity contribution in [2.45, 2.75) is 19.1 Å². The summed E-state index contributed by atoms with van der Waals surface area (Å²) >= 11 is 2.25. The van der Waals surface area contributed by atoms with Gasteiger partial charge in [0.25, 0.3) is 0 Å². The van der Waals surface area contributed by atoms with E-state index in [-0.39, 0.29) is 12.1 Å².